The van der Waals surface area contributed by atoms with Gasteiger partial charge in [0.15, 0.2) is 0 Å². The first-order valence-corrected chi connectivity index (χ1v) is 10.9. The Bertz CT molecular complexity index is 1180. The van der Waals surface area contributed by atoms with Crippen LogP contribution in [0.2, 0.25) is 0 Å². The van der Waals surface area contributed by atoms with Crippen molar-refractivity contribution in [2.24, 2.45) is 5.92 Å². The molecule has 7 heteroatoms. The molecule has 0 aromatic heterocycles. The molecule has 0 unspecified atom stereocenters. The Balaban J connectivity index is 1.52. The van der Waals surface area contributed by atoms with Gasteiger partial charge in [-0.3, -0.25) is 9.59 Å². The van der Waals surface area contributed by atoms with Crippen LogP contribution in [-0.4, -0.2) is 51.1 Å². The zero-order valence-corrected chi connectivity index (χ0v) is 19.1. The molecule has 1 aliphatic rings. The predicted molar refractivity (Wildman–Crippen MR) is 127 cm³/mol. The largest absolute Gasteiger partial charge is 0.497 e. The van der Waals surface area contributed by atoms with E-state index in [1.807, 2.05) is 30.3 Å². The minimum atomic E-state index is -0.306. The van der Waals surface area contributed by atoms with Gasteiger partial charge in [-0.1, -0.05) is 24.3 Å². The number of anilines is 1. The molecule has 3 aromatic rings. The monoisotopic (exact) mass is 448 g/mol. The molecule has 1 saturated heterocycles. The second-order valence-electron chi connectivity index (χ2n) is 8.01. The average molecular weight is 449 g/mol. The highest BCUT2D eigenvalue weighted by Crippen LogP contribution is 2.32. The second-order valence-corrected chi connectivity index (χ2v) is 8.01. The number of hydrogen-bond acceptors (Lipinski definition) is 5. The summed E-state index contributed by atoms with van der Waals surface area (Å²) in [6, 6.07) is 16.6. The van der Waals surface area contributed by atoms with Gasteiger partial charge in [-0.25, -0.2) is 0 Å². The number of fused-ring (bicyclic) bond motifs is 1. The van der Waals surface area contributed by atoms with E-state index in [9.17, 15) is 9.59 Å². The van der Waals surface area contributed by atoms with E-state index in [0.717, 1.165) is 29.4 Å². The third-order valence-corrected chi connectivity index (χ3v) is 6.08. The lowest BCUT2D eigenvalue weighted by molar-refractivity contribution is -0.121. The van der Waals surface area contributed by atoms with Gasteiger partial charge in [0.2, 0.25) is 5.91 Å². The summed E-state index contributed by atoms with van der Waals surface area (Å²) in [5.74, 6) is 1.39. The maximum absolute atomic E-state index is 13.4. The summed E-state index contributed by atoms with van der Waals surface area (Å²) in [5.41, 5.74) is 1.19. The number of methoxy groups -OCH3 is 3. The summed E-state index contributed by atoms with van der Waals surface area (Å²) in [4.78, 5) is 28.2. The Hall–Kier alpha value is -3.74. The van der Waals surface area contributed by atoms with E-state index in [4.69, 9.17) is 14.2 Å². The van der Waals surface area contributed by atoms with Gasteiger partial charge < -0.3 is 24.4 Å². The first-order valence-electron chi connectivity index (χ1n) is 10.9. The molecule has 0 saturated carbocycles. The number of hydrogen-bond donors (Lipinski definition) is 1. The maximum atomic E-state index is 13.4. The predicted octanol–water partition coefficient (Wildman–Crippen LogP) is 4.36. The number of likely N-dealkylation sites (tertiary alicyclic amines) is 1. The third-order valence-electron chi connectivity index (χ3n) is 6.08. The smallest absolute Gasteiger partial charge is 0.254 e. The molecule has 7 nitrogen and oxygen atoms in total. The Morgan fingerprint density at radius 1 is 0.909 bits per heavy atom. The van der Waals surface area contributed by atoms with E-state index in [1.54, 1.807) is 50.5 Å². The highest BCUT2D eigenvalue weighted by molar-refractivity contribution is 6.08. The molecule has 0 aliphatic carbocycles. The summed E-state index contributed by atoms with van der Waals surface area (Å²) in [5, 5.41) is 4.69. The third kappa shape index (κ3) is 4.58. The van der Waals surface area contributed by atoms with E-state index in [-0.39, 0.29) is 17.7 Å². The van der Waals surface area contributed by atoms with Crippen molar-refractivity contribution in [1.82, 2.24) is 4.90 Å². The topological polar surface area (TPSA) is 77.1 Å². The molecule has 2 amide bonds. The summed E-state index contributed by atoms with van der Waals surface area (Å²) >= 11 is 0. The van der Waals surface area contributed by atoms with Gasteiger partial charge in [-0.2, -0.15) is 0 Å². The van der Waals surface area contributed by atoms with Crippen LogP contribution in [0.5, 0.6) is 17.2 Å². The molecule has 1 atom stereocenters. The summed E-state index contributed by atoms with van der Waals surface area (Å²) in [7, 11) is 4.74. The van der Waals surface area contributed by atoms with E-state index in [0.29, 0.717) is 35.8 Å². The first kappa shape index (κ1) is 22.5. The first-order chi connectivity index (χ1) is 16.0. The molecule has 172 valence electrons. The molecule has 33 heavy (non-hydrogen) atoms. The van der Waals surface area contributed by atoms with Crippen molar-refractivity contribution in [3.05, 3.63) is 60.2 Å². The van der Waals surface area contributed by atoms with Crippen LogP contribution in [0.25, 0.3) is 10.8 Å². The summed E-state index contributed by atoms with van der Waals surface area (Å²) < 4.78 is 16.0. The molecule has 1 N–H and O–H groups in total. The number of benzene rings is 3. The Morgan fingerprint density at radius 2 is 1.67 bits per heavy atom. The van der Waals surface area contributed by atoms with Gasteiger partial charge >= 0.3 is 0 Å². The van der Waals surface area contributed by atoms with Crippen LogP contribution >= 0.6 is 0 Å². The van der Waals surface area contributed by atoms with Crippen LogP contribution in [0, 0.1) is 5.92 Å². The molecule has 1 aliphatic heterocycles. The molecule has 0 radical (unpaired) electrons. The lowest BCUT2D eigenvalue weighted by Gasteiger charge is -2.32. The number of carbonyl (C=O) groups excluding carboxylic acids is 2. The quantitative estimate of drug-likeness (QED) is 0.607. The number of piperidine rings is 1. The van der Waals surface area contributed by atoms with Crippen LogP contribution in [0.15, 0.2) is 54.6 Å². The van der Waals surface area contributed by atoms with Crippen molar-refractivity contribution in [2.45, 2.75) is 12.8 Å². The van der Waals surface area contributed by atoms with Gasteiger partial charge in [0.25, 0.3) is 5.91 Å². The highest BCUT2D eigenvalue weighted by Gasteiger charge is 2.30. The molecule has 0 spiro atoms. The van der Waals surface area contributed by atoms with E-state index < -0.39 is 0 Å². The van der Waals surface area contributed by atoms with Crippen LogP contribution in [0.1, 0.15) is 23.2 Å². The lowest BCUT2D eigenvalue weighted by Crippen LogP contribution is -2.43. The molecule has 0 bridgehead atoms. The minimum Gasteiger partial charge on any atom is -0.497 e. The Labute approximate surface area is 193 Å². The standard InChI is InChI=1S/C26H28N2O5/c1-31-18-10-12-22(24(15-18)33-3)27-25(29)17-7-6-14-28(16-17)26(30)21-11-13-23(32-2)20-9-5-4-8-19(20)21/h4-5,8-13,15,17H,6-7,14,16H2,1-3H3,(H,27,29)/t17-/m0/s1. The van der Waals surface area contributed by atoms with Crippen molar-refractivity contribution in [2.75, 3.05) is 39.7 Å². The van der Waals surface area contributed by atoms with E-state index in [1.165, 1.54) is 0 Å². The molecule has 3 aromatic carbocycles. The second kappa shape index (κ2) is 9.81. The van der Waals surface area contributed by atoms with Crippen LogP contribution in [0.3, 0.4) is 0 Å². The van der Waals surface area contributed by atoms with Gasteiger partial charge in [0, 0.05) is 30.1 Å². The van der Waals surface area contributed by atoms with Crippen molar-refractivity contribution < 1.29 is 23.8 Å². The molecule has 4 rings (SSSR count). The van der Waals surface area contributed by atoms with Crippen LogP contribution in [-0.2, 0) is 4.79 Å². The number of nitrogens with zero attached hydrogens (tertiary/aromatic N) is 1. The number of nitrogens with one attached hydrogen (secondary N) is 1. The fraction of sp³-hybridized carbons (Fsp3) is 0.308. The number of ether oxygens (including phenoxy) is 3. The lowest BCUT2D eigenvalue weighted by atomic mass is 9.95. The van der Waals surface area contributed by atoms with Crippen LogP contribution < -0.4 is 19.5 Å². The van der Waals surface area contributed by atoms with Gasteiger partial charge in [-0.15, -0.1) is 0 Å². The van der Waals surface area contributed by atoms with Gasteiger partial charge in [0.05, 0.1) is 32.9 Å². The number of carbonyl (C=O) groups is 2. The fourth-order valence-electron chi connectivity index (χ4n) is 4.32. The number of amides is 2. The van der Waals surface area contributed by atoms with Crippen LogP contribution in [0.4, 0.5) is 5.69 Å². The Kier molecular flexibility index (Phi) is 6.68. The minimum absolute atomic E-state index is 0.0756. The molecular weight excluding hydrogens is 420 g/mol. The van der Waals surface area contributed by atoms with Crippen molar-refractivity contribution in [3.8, 4) is 17.2 Å². The van der Waals surface area contributed by atoms with Crippen molar-refractivity contribution in [1.29, 1.82) is 0 Å². The SMILES string of the molecule is COc1ccc(NC(=O)[C@H]2CCCN(C(=O)c3ccc(OC)c4ccccc34)C2)c(OC)c1. The molecular formula is C26H28N2O5. The fourth-order valence-corrected chi connectivity index (χ4v) is 4.32. The average Bonchev–Trinajstić information content (AvgIpc) is 2.87. The number of rotatable bonds is 6. The van der Waals surface area contributed by atoms with Gasteiger partial charge in [-0.05, 0) is 42.5 Å². The Morgan fingerprint density at radius 3 is 2.39 bits per heavy atom. The van der Waals surface area contributed by atoms with E-state index >= 15 is 0 Å². The van der Waals surface area contributed by atoms with E-state index in [2.05, 4.69) is 5.32 Å². The van der Waals surface area contributed by atoms with Crippen molar-refractivity contribution >= 4 is 28.3 Å². The molecule has 1 fully saturated rings. The van der Waals surface area contributed by atoms with Crippen molar-refractivity contribution in [3.63, 3.8) is 0 Å². The highest BCUT2D eigenvalue weighted by atomic mass is 16.5. The zero-order valence-electron chi connectivity index (χ0n) is 19.1. The normalized spacial score (nSPS) is 15.7. The molecule has 1 heterocycles. The maximum Gasteiger partial charge on any atom is 0.254 e. The zero-order chi connectivity index (χ0) is 23.4. The summed E-state index contributed by atoms with van der Waals surface area (Å²) in [6.45, 7) is 0.984. The van der Waals surface area contributed by atoms with Gasteiger partial charge in [0.1, 0.15) is 17.2 Å². The summed E-state index contributed by atoms with van der Waals surface area (Å²) in [6.07, 6.45) is 1.48.